The van der Waals surface area contributed by atoms with Crippen molar-refractivity contribution >= 4 is 33.2 Å². The van der Waals surface area contributed by atoms with E-state index in [9.17, 15) is 13.2 Å². The number of oxazole rings is 1. The van der Waals surface area contributed by atoms with Crippen molar-refractivity contribution in [1.82, 2.24) is 9.88 Å². The zero-order valence-corrected chi connectivity index (χ0v) is 19.3. The van der Waals surface area contributed by atoms with Crippen LogP contribution < -0.4 is 4.90 Å². The van der Waals surface area contributed by atoms with Gasteiger partial charge in [-0.1, -0.05) is 36.7 Å². The van der Waals surface area contributed by atoms with Gasteiger partial charge in [-0.15, -0.1) is 0 Å². The first-order valence-corrected chi connectivity index (χ1v) is 12.4. The lowest BCUT2D eigenvalue weighted by molar-refractivity contribution is -0.131. The fourth-order valence-corrected chi connectivity index (χ4v) is 5.10. The van der Waals surface area contributed by atoms with Crippen molar-refractivity contribution in [1.29, 1.82) is 0 Å². The molecule has 0 spiro atoms. The van der Waals surface area contributed by atoms with Gasteiger partial charge in [-0.05, 0) is 42.8 Å². The van der Waals surface area contributed by atoms with Crippen LogP contribution in [0.3, 0.4) is 0 Å². The number of piperazine rings is 1. The topological polar surface area (TPSA) is 83.7 Å². The Hall–Kier alpha value is -2.84. The molecule has 2 heterocycles. The zero-order valence-electron chi connectivity index (χ0n) is 17.7. The molecule has 1 fully saturated rings. The number of carbonyl (C=O) groups is 1. The predicted molar refractivity (Wildman–Crippen MR) is 123 cm³/mol. The number of amides is 1. The Kier molecular flexibility index (Phi) is 6.53. The molecule has 7 nitrogen and oxygen atoms in total. The number of aromatic nitrogens is 1. The third-order valence-electron chi connectivity index (χ3n) is 5.36. The summed E-state index contributed by atoms with van der Waals surface area (Å²) in [5, 5.41) is 0.438. The average Bonchev–Trinajstić information content (AvgIpc) is 3.27. The first-order valence-electron chi connectivity index (χ1n) is 10.5. The molecule has 0 N–H and O–H groups in total. The van der Waals surface area contributed by atoms with Crippen molar-refractivity contribution in [3.05, 3.63) is 59.6 Å². The third-order valence-corrected chi connectivity index (χ3v) is 7.28. The summed E-state index contributed by atoms with van der Waals surface area (Å²) in [5.41, 5.74) is 0.627. The molecule has 1 saturated heterocycles. The number of benzene rings is 2. The van der Waals surface area contributed by atoms with Crippen molar-refractivity contribution in [3.63, 3.8) is 0 Å². The molecule has 0 unspecified atom stereocenters. The summed E-state index contributed by atoms with van der Waals surface area (Å²) < 4.78 is 32.9. The number of hydrogen-bond acceptors (Lipinski definition) is 6. The predicted octanol–water partition coefficient (Wildman–Crippen LogP) is 4.28. The van der Waals surface area contributed by atoms with Gasteiger partial charge in [0.25, 0.3) is 0 Å². The van der Waals surface area contributed by atoms with Gasteiger partial charge in [0.1, 0.15) is 0 Å². The molecule has 0 bridgehead atoms. The summed E-state index contributed by atoms with van der Waals surface area (Å²) >= 11 is 5.98. The minimum Gasteiger partial charge on any atom is -0.419 e. The number of anilines is 1. The number of carbonyl (C=O) groups excluding carboxylic acids is 1. The van der Waals surface area contributed by atoms with Crippen LogP contribution >= 0.6 is 11.6 Å². The Balaban J connectivity index is 1.71. The van der Waals surface area contributed by atoms with Crippen molar-refractivity contribution in [2.24, 2.45) is 0 Å². The summed E-state index contributed by atoms with van der Waals surface area (Å²) in [4.78, 5) is 20.4. The number of nitrogens with zero attached hydrogens (tertiary/aromatic N) is 3. The molecule has 1 aromatic heterocycles. The molecule has 1 aliphatic heterocycles. The molecule has 0 aliphatic carbocycles. The van der Waals surface area contributed by atoms with E-state index in [1.807, 2.05) is 16.7 Å². The van der Waals surface area contributed by atoms with Gasteiger partial charge in [-0.3, -0.25) is 4.79 Å². The Labute approximate surface area is 192 Å². The van der Waals surface area contributed by atoms with Crippen LogP contribution in [0.2, 0.25) is 5.02 Å². The van der Waals surface area contributed by atoms with Crippen molar-refractivity contribution < 1.29 is 17.6 Å². The highest BCUT2D eigenvalue weighted by Gasteiger charge is 2.33. The van der Waals surface area contributed by atoms with E-state index in [0.717, 1.165) is 6.42 Å². The maximum atomic E-state index is 13.4. The van der Waals surface area contributed by atoms with Crippen LogP contribution in [0.5, 0.6) is 0 Å². The van der Waals surface area contributed by atoms with E-state index in [1.165, 1.54) is 12.1 Å². The van der Waals surface area contributed by atoms with Crippen LogP contribution in [0.25, 0.3) is 11.5 Å². The minimum absolute atomic E-state index is 0.115. The fraction of sp³-hybridized carbons (Fsp3) is 0.304. The standard InChI is InChI=1S/C23H24ClN3O4S/c1-2-6-20(28)26-13-15-27(16-14-26)23-22(32(29,30)19-7-4-3-5-8-19)25-21(31-23)17-9-11-18(24)12-10-17/h3-5,7-12H,2,6,13-16H2,1H3. The summed E-state index contributed by atoms with van der Waals surface area (Å²) in [6.07, 6.45) is 1.31. The van der Waals surface area contributed by atoms with Crippen LogP contribution in [0.1, 0.15) is 19.8 Å². The highest BCUT2D eigenvalue weighted by molar-refractivity contribution is 7.91. The minimum atomic E-state index is -3.91. The van der Waals surface area contributed by atoms with E-state index < -0.39 is 9.84 Å². The van der Waals surface area contributed by atoms with Gasteiger partial charge >= 0.3 is 0 Å². The lowest BCUT2D eigenvalue weighted by Crippen LogP contribution is -2.48. The molecule has 9 heteroatoms. The Morgan fingerprint density at radius 1 is 1.03 bits per heavy atom. The van der Waals surface area contributed by atoms with Crippen molar-refractivity contribution in [2.75, 3.05) is 31.1 Å². The molecular formula is C23H24ClN3O4S. The van der Waals surface area contributed by atoms with Gasteiger partial charge in [-0.25, -0.2) is 8.42 Å². The highest BCUT2D eigenvalue weighted by atomic mass is 35.5. The van der Waals surface area contributed by atoms with E-state index in [0.29, 0.717) is 43.2 Å². The van der Waals surface area contributed by atoms with Gasteiger partial charge in [-0.2, -0.15) is 4.98 Å². The third kappa shape index (κ3) is 4.52. The van der Waals surface area contributed by atoms with Crippen molar-refractivity contribution in [3.8, 4) is 11.5 Å². The molecule has 1 amide bonds. The van der Waals surface area contributed by atoms with E-state index in [-0.39, 0.29) is 27.6 Å². The van der Waals surface area contributed by atoms with Gasteiger partial charge < -0.3 is 14.2 Å². The van der Waals surface area contributed by atoms with Crippen molar-refractivity contribution in [2.45, 2.75) is 29.7 Å². The van der Waals surface area contributed by atoms with Crippen LogP contribution in [0.15, 0.2) is 68.9 Å². The van der Waals surface area contributed by atoms with Gasteiger partial charge in [0.05, 0.1) is 4.90 Å². The molecule has 0 atom stereocenters. The number of halogens is 1. The Morgan fingerprint density at radius 3 is 2.31 bits per heavy atom. The zero-order chi connectivity index (χ0) is 22.7. The molecule has 1 aliphatic rings. The van der Waals surface area contributed by atoms with E-state index in [4.69, 9.17) is 16.0 Å². The van der Waals surface area contributed by atoms with Gasteiger partial charge in [0.2, 0.25) is 32.5 Å². The lowest BCUT2D eigenvalue weighted by atomic mass is 10.2. The molecule has 168 valence electrons. The maximum Gasteiger partial charge on any atom is 0.236 e. The second kappa shape index (κ2) is 9.34. The van der Waals surface area contributed by atoms with Gasteiger partial charge in [0.15, 0.2) is 0 Å². The second-order valence-electron chi connectivity index (χ2n) is 7.57. The first kappa shape index (κ1) is 22.4. The summed E-state index contributed by atoms with van der Waals surface area (Å²) in [6.45, 7) is 3.90. The monoisotopic (exact) mass is 473 g/mol. The molecular weight excluding hydrogens is 450 g/mol. The van der Waals surface area contributed by atoms with Crippen LogP contribution in [0.4, 0.5) is 5.88 Å². The maximum absolute atomic E-state index is 13.4. The van der Waals surface area contributed by atoms with Gasteiger partial charge in [0, 0.05) is 43.2 Å². The SMILES string of the molecule is CCCC(=O)N1CCN(c2oc(-c3ccc(Cl)cc3)nc2S(=O)(=O)c2ccccc2)CC1. The highest BCUT2D eigenvalue weighted by Crippen LogP contribution is 2.35. The second-order valence-corrected chi connectivity index (χ2v) is 9.87. The van der Waals surface area contributed by atoms with Crippen LogP contribution in [-0.2, 0) is 14.6 Å². The van der Waals surface area contributed by atoms with E-state index in [2.05, 4.69) is 4.98 Å². The normalized spacial score (nSPS) is 14.6. The molecule has 3 aromatic rings. The Morgan fingerprint density at radius 2 is 1.69 bits per heavy atom. The smallest absolute Gasteiger partial charge is 0.236 e. The molecule has 0 radical (unpaired) electrons. The van der Waals surface area contributed by atoms with E-state index in [1.54, 1.807) is 42.5 Å². The summed E-state index contributed by atoms with van der Waals surface area (Å²) in [7, 11) is -3.91. The number of hydrogen-bond donors (Lipinski definition) is 0. The molecule has 4 rings (SSSR count). The molecule has 0 saturated carbocycles. The molecule has 32 heavy (non-hydrogen) atoms. The quantitative estimate of drug-likeness (QED) is 0.531. The lowest BCUT2D eigenvalue weighted by Gasteiger charge is -2.34. The largest absolute Gasteiger partial charge is 0.419 e. The summed E-state index contributed by atoms with van der Waals surface area (Å²) in [6, 6.07) is 15.0. The Bertz CT molecular complexity index is 1190. The van der Waals surface area contributed by atoms with Crippen LogP contribution in [-0.4, -0.2) is 50.4 Å². The fourth-order valence-electron chi connectivity index (χ4n) is 3.63. The average molecular weight is 474 g/mol. The first-order chi connectivity index (χ1) is 15.4. The number of rotatable bonds is 6. The van der Waals surface area contributed by atoms with Crippen LogP contribution in [0, 0.1) is 0 Å². The molecule has 2 aromatic carbocycles. The number of sulfone groups is 1. The summed E-state index contributed by atoms with van der Waals surface area (Å²) in [5.74, 6) is 0.515. The van der Waals surface area contributed by atoms with E-state index >= 15 is 0 Å².